The van der Waals surface area contributed by atoms with Gasteiger partial charge in [-0.1, -0.05) is 45.9 Å². The Hall–Kier alpha value is -2.36. The van der Waals surface area contributed by atoms with Crippen LogP contribution in [0.2, 0.25) is 0 Å². The fraction of sp³-hybridized carbons (Fsp3) is 0.455. The van der Waals surface area contributed by atoms with Crippen LogP contribution < -0.4 is 4.74 Å². The van der Waals surface area contributed by atoms with Crippen LogP contribution in [0.5, 0.6) is 5.75 Å². The molecule has 0 saturated heterocycles. The zero-order valence-corrected chi connectivity index (χ0v) is 17.0. The Morgan fingerprint density at radius 1 is 1.23 bits per heavy atom. The van der Waals surface area contributed by atoms with E-state index in [0.717, 1.165) is 28.3 Å². The second-order valence-corrected chi connectivity index (χ2v) is 6.99. The second kappa shape index (κ2) is 9.95. The lowest BCUT2D eigenvalue weighted by atomic mass is 9.97. The third-order valence-corrected chi connectivity index (χ3v) is 3.93. The number of carbonyl (C=O) groups is 1. The number of carboxylic acid groups (broad SMARTS) is 1. The Morgan fingerprint density at radius 3 is 2.38 bits per heavy atom. The molecule has 1 aromatic heterocycles. The molecule has 0 bridgehead atoms. The summed E-state index contributed by atoms with van der Waals surface area (Å²) in [5.41, 5.74) is 4.81. The van der Waals surface area contributed by atoms with E-state index in [0.29, 0.717) is 18.1 Å². The summed E-state index contributed by atoms with van der Waals surface area (Å²) in [6.07, 6.45) is 6.81. The molecule has 1 N–H and O–H groups in total. The van der Waals surface area contributed by atoms with Crippen LogP contribution in [0, 0.1) is 0 Å². The zero-order valence-electron chi connectivity index (χ0n) is 17.0. The Morgan fingerprint density at radius 2 is 1.88 bits per heavy atom. The maximum Gasteiger partial charge on any atom is 0.328 e. The number of ether oxygens (including phenoxy) is 1. The number of carboxylic acids is 1. The van der Waals surface area contributed by atoms with Crippen LogP contribution >= 0.6 is 0 Å². The molecule has 0 unspecified atom stereocenters. The zero-order chi connectivity index (χ0) is 19.9. The lowest BCUT2D eigenvalue weighted by molar-refractivity contribution is -0.131. The molecule has 0 saturated carbocycles. The molecule has 0 spiro atoms. The first-order valence-electron chi connectivity index (χ1n) is 9.11. The van der Waals surface area contributed by atoms with Crippen LogP contribution in [0.3, 0.4) is 0 Å². The maximum absolute atomic E-state index is 10.7. The van der Waals surface area contributed by atoms with Gasteiger partial charge in [-0.05, 0) is 49.8 Å². The van der Waals surface area contributed by atoms with Crippen LogP contribution in [-0.2, 0) is 4.79 Å². The molecule has 0 aliphatic rings. The summed E-state index contributed by atoms with van der Waals surface area (Å²) in [4.78, 5) is 15.5. The normalized spacial score (nSPS) is 13.1. The summed E-state index contributed by atoms with van der Waals surface area (Å²) in [6.45, 7) is 14.9. The van der Waals surface area contributed by atoms with E-state index in [2.05, 4.69) is 33.8 Å². The Bertz CT molecular complexity index is 725. The highest BCUT2D eigenvalue weighted by Crippen LogP contribution is 2.35. The van der Waals surface area contributed by atoms with Crippen molar-refractivity contribution in [3.05, 3.63) is 52.9 Å². The summed E-state index contributed by atoms with van der Waals surface area (Å²) >= 11 is 0. The second-order valence-electron chi connectivity index (χ2n) is 6.99. The van der Waals surface area contributed by atoms with Gasteiger partial charge < -0.3 is 9.84 Å². The van der Waals surface area contributed by atoms with Crippen molar-refractivity contribution in [3.63, 3.8) is 0 Å². The molecule has 0 radical (unpaired) electrons. The van der Waals surface area contributed by atoms with Gasteiger partial charge in [0.1, 0.15) is 5.75 Å². The summed E-state index contributed by atoms with van der Waals surface area (Å²) in [5.74, 6) is 0.486. The van der Waals surface area contributed by atoms with Gasteiger partial charge in [-0.15, -0.1) is 0 Å². The monoisotopic (exact) mass is 357 g/mol. The lowest BCUT2D eigenvalue weighted by Gasteiger charge is -2.20. The minimum absolute atomic E-state index is 0.262. The Kier molecular flexibility index (Phi) is 8.30. The summed E-state index contributed by atoms with van der Waals surface area (Å²) < 4.78 is 5.95. The van der Waals surface area contributed by atoms with Crippen molar-refractivity contribution in [2.45, 2.75) is 60.3 Å². The van der Waals surface area contributed by atoms with Gasteiger partial charge in [-0.3, -0.25) is 4.98 Å². The molecule has 0 atom stereocenters. The topological polar surface area (TPSA) is 59.4 Å². The molecule has 0 fully saturated rings. The van der Waals surface area contributed by atoms with Gasteiger partial charge in [0.15, 0.2) is 0 Å². The largest absolute Gasteiger partial charge is 0.491 e. The number of hydrogen-bond donors (Lipinski definition) is 1. The van der Waals surface area contributed by atoms with E-state index in [1.54, 1.807) is 13.0 Å². The van der Waals surface area contributed by atoms with Crippen LogP contribution in [0.4, 0.5) is 0 Å². The highest BCUT2D eigenvalue weighted by molar-refractivity contribution is 5.81. The molecular formula is C22H31NO3. The van der Waals surface area contributed by atoms with Crippen molar-refractivity contribution in [1.82, 2.24) is 4.98 Å². The van der Waals surface area contributed by atoms with E-state index in [9.17, 15) is 4.79 Å². The first kappa shape index (κ1) is 21.7. The van der Waals surface area contributed by atoms with Gasteiger partial charge in [-0.25, -0.2) is 4.79 Å². The smallest absolute Gasteiger partial charge is 0.328 e. The van der Waals surface area contributed by atoms with Crippen molar-refractivity contribution in [2.24, 2.45) is 0 Å². The van der Waals surface area contributed by atoms with Gasteiger partial charge in [0.2, 0.25) is 0 Å². The molecule has 0 amide bonds. The average molecular weight is 357 g/mol. The standard InChI is InChI=1S/C22H31NO3/c1-8-26-22-18(13-19(14(2)3)23-21(22)15(4)5)17(7)11-9-10-16(6)12-20(24)25/h9-15H,8H2,1-7H3,(H,24,25). The minimum atomic E-state index is -0.941. The van der Waals surface area contributed by atoms with E-state index in [4.69, 9.17) is 14.8 Å². The van der Waals surface area contributed by atoms with Crippen molar-refractivity contribution >= 4 is 11.5 Å². The molecule has 0 aliphatic carbocycles. The van der Waals surface area contributed by atoms with Gasteiger partial charge >= 0.3 is 5.97 Å². The highest BCUT2D eigenvalue weighted by atomic mass is 16.5. The van der Waals surface area contributed by atoms with Crippen molar-refractivity contribution in [3.8, 4) is 5.75 Å². The first-order valence-corrected chi connectivity index (χ1v) is 9.11. The number of hydrogen-bond acceptors (Lipinski definition) is 3. The van der Waals surface area contributed by atoms with Gasteiger partial charge in [-0.2, -0.15) is 0 Å². The number of rotatable bonds is 8. The van der Waals surface area contributed by atoms with Gasteiger partial charge in [0.05, 0.1) is 12.3 Å². The van der Waals surface area contributed by atoms with E-state index in [1.807, 2.05) is 26.0 Å². The van der Waals surface area contributed by atoms with Crippen molar-refractivity contribution in [2.75, 3.05) is 6.61 Å². The maximum atomic E-state index is 10.7. The Labute approximate surface area is 157 Å². The molecule has 0 aliphatic heterocycles. The van der Waals surface area contributed by atoms with Crippen LogP contribution in [0.1, 0.15) is 77.3 Å². The Balaban J connectivity index is 3.41. The third kappa shape index (κ3) is 6.17. The summed E-state index contributed by atoms with van der Waals surface area (Å²) in [5, 5.41) is 8.78. The predicted octanol–water partition coefficient (Wildman–Crippen LogP) is 5.72. The molecule has 142 valence electrons. The highest BCUT2D eigenvalue weighted by Gasteiger charge is 2.18. The molecule has 4 heteroatoms. The van der Waals surface area contributed by atoms with Crippen LogP contribution in [0.25, 0.3) is 5.57 Å². The molecule has 1 heterocycles. The quantitative estimate of drug-likeness (QED) is 0.477. The van der Waals surface area contributed by atoms with Crippen LogP contribution in [-0.4, -0.2) is 22.7 Å². The molecule has 4 nitrogen and oxygen atoms in total. The molecular weight excluding hydrogens is 326 g/mol. The summed E-state index contributed by atoms with van der Waals surface area (Å²) in [6, 6.07) is 2.10. The number of aromatic nitrogens is 1. The van der Waals surface area contributed by atoms with E-state index >= 15 is 0 Å². The number of pyridine rings is 1. The van der Waals surface area contributed by atoms with E-state index < -0.39 is 5.97 Å². The number of allylic oxidation sites excluding steroid dienone is 5. The fourth-order valence-electron chi connectivity index (χ4n) is 2.53. The van der Waals surface area contributed by atoms with Gasteiger partial charge in [0, 0.05) is 17.3 Å². The van der Waals surface area contributed by atoms with E-state index in [-0.39, 0.29) is 5.92 Å². The summed E-state index contributed by atoms with van der Waals surface area (Å²) in [7, 11) is 0. The van der Waals surface area contributed by atoms with Crippen molar-refractivity contribution in [1.29, 1.82) is 0 Å². The molecule has 0 aromatic carbocycles. The third-order valence-electron chi connectivity index (χ3n) is 3.93. The SMILES string of the molecule is CCOc1c(C(C)=CC=CC(C)=CC(=O)O)cc(C(C)C)nc1C(C)C. The molecule has 26 heavy (non-hydrogen) atoms. The average Bonchev–Trinajstić information content (AvgIpc) is 2.53. The van der Waals surface area contributed by atoms with Crippen molar-refractivity contribution < 1.29 is 14.6 Å². The predicted molar refractivity (Wildman–Crippen MR) is 108 cm³/mol. The number of aliphatic carboxylic acids is 1. The molecule has 1 aromatic rings. The lowest BCUT2D eigenvalue weighted by Crippen LogP contribution is -2.07. The number of nitrogens with zero attached hydrogens (tertiary/aromatic N) is 1. The minimum Gasteiger partial charge on any atom is -0.491 e. The first-order chi connectivity index (χ1) is 12.2. The van der Waals surface area contributed by atoms with Crippen LogP contribution in [0.15, 0.2) is 35.9 Å². The van der Waals surface area contributed by atoms with Gasteiger partial charge in [0.25, 0.3) is 0 Å². The molecule has 1 rings (SSSR count). The van der Waals surface area contributed by atoms with E-state index in [1.165, 1.54) is 6.08 Å². The fourth-order valence-corrected chi connectivity index (χ4v) is 2.53.